The van der Waals surface area contributed by atoms with Gasteiger partial charge in [-0.3, -0.25) is 0 Å². The summed E-state index contributed by atoms with van der Waals surface area (Å²) in [6.45, 7) is 0.803. The molecule has 10 heavy (non-hydrogen) atoms. The number of nitrogens with zero attached hydrogens (tertiary/aromatic N) is 1. The van der Waals surface area contributed by atoms with E-state index < -0.39 is 0 Å². The van der Waals surface area contributed by atoms with E-state index in [9.17, 15) is 0 Å². The number of aryl methyl sites for hydroxylation is 1. The van der Waals surface area contributed by atoms with Crippen LogP contribution in [0.15, 0.2) is 18.3 Å². The van der Waals surface area contributed by atoms with Crippen molar-refractivity contribution in [1.29, 1.82) is 0 Å². The molecule has 0 amide bonds. The number of rotatable bonds is 3. The van der Waals surface area contributed by atoms with Gasteiger partial charge in [0.1, 0.15) is 0 Å². The molecule has 0 aliphatic carbocycles. The first kappa shape index (κ1) is 7.35. The third-order valence-electron chi connectivity index (χ3n) is 1.61. The van der Waals surface area contributed by atoms with Crippen LogP contribution in [0.5, 0.6) is 0 Å². The summed E-state index contributed by atoms with van der Waals surface area (Å²) in [5.41, 5.74) is 1.32. The molecule has 0 atom stereocenters. The van der Waals surface area contributed by atoms with Gasteiger partial charge in [0.2, 0.25) is 0 Å². The van der Waals surface area contributed by atoms with Crippen LogP contribution in [0.1, 0.15) is 5.69 Å². The summed E-state index contributed by atoms with van der Waals surface area (Å²) in [6, 6.07) is 4.16. The van der Waals surface area contributed by atoms with Gasteiger partial charge >= 0.3 is 0 Å². The van der Waals surface area contributed by atoms with Crippen LogP contribution in [0.25, 0.3) is 0 Å². The third kappa shape index (κ3) is 1.61. The Bertz CT molecular complexity index is 193. The minimum absolute atomic E-state index is 0.803. The van der Waals surface area contributed by atoms with Gasteiger partial charge in [0.25, 0.3) is 0 Å². The summed E-state index contributed by atoms with van der Waals surface area (Å²) in [6.07, 6.45) is 3.05. The van der Waals surface area contributed by atoms with Gasteiger partial charge in [0.15, 0.2) is 0 Å². The zero-order valence-electron chi connectivity index (χ0n) is 6.50. The fourth-order valence-electron chi connectivity index (χ4n) is 0.963. The van der Waals surface area contributed by atoms with Crippen LogP contribution in [-0.2, 0) is 18.2 Å². The molecular weight excluding hydrogens is 126 g/mol. The highest BCUT2D eigenvalue weighted by Crippen LogP contribution is 1.99. The maximum Gasteiger partial charge on any atom is 0.0517 e. The van der Waals surface area contributed by atoms with Crippen LogP contribution in [-0.4, -0.2) is 18.3 Å². The van der Waals surface area contributed by atoms with E-state index in [1.807, 2.05) is 19.3 Å². The minimum atomic E-state index is 0.803. The number of hydrogen-bond donors (Lipinski definition) is 0. The first-order valence-electron chi connectivity index (χ1n) is 3.43. The third-order valence-corrected chi connectivity index (χ3v) is 1.61. The quantitative estimate of drug-likeness (QED) is 0.614. The van der Waals surface area contributed by atoms with Crippen molar-refractivity contribution in [3.8, 4) is 0 Å². The Morgan fingerprint density at radius 1 is 1.60 bits per heavy atom. The molecule has 2 nitrogen and oxygen atoms in total. The fraction of sp³-hybridized carbons (Fsp3) is 0.500. The van der Waals surface area contributed by atoms with Gasteiger partial charge in [-0.25, -0.2) is 0 Å². The molecule has 2 heteroatoms. The maximum absolute atomic E-state index is 4.96. The molecule has 0 spiro atoms. The lowest BCUT2D eigenvalue weighted by Gasteiger charge is -2.00. The summed E-state index contributed by atoms with van der Waals surface area (Å²) >= 11 is 0. The lowest BCUT2D eigenvalue weighted by Crippen LogP contribution is -1.99. The Balaban J connectivity index is 2.49. The van der Waals surface area contributed by atoms with Crippen molar-refractivity contribution in [2.24, 2.45) is 7.05 Å². The minimum Gasteiger partial charge on any atom is -0.384 e. The standard InChI is InChI=1S/C8H13NO/c1-9-6-3-4-8(9)5-7-10-2/h3-4,6H,5,7H2,1-2H3. The monoisotopic (exact) mass is 139 g/mol. The van der Waals surface area contributed by atoms with E-state index in [0.29, 0.717) is 0 Å². The summed E-state index contributed by atoms with van der Waals surface area (Å²) in [7, 11) is 3.77. The summed E-state index contributed by atoms with van der Waals surface area (Å²) in [5, 5.41) is 0. The molecule has 1 heterocycles. The predicted molar refractivity (Wildman–Crippen MR) is 41.0 cm³/mol. The number of ether oxygens (including phenoxy) is 1. The van der Waals surface area contributed by atoms with E-state index >= 15 is 0 Å². The van der Waals surface area contributed by atoms with Crippen LogP contribution in [0.2, 0.25) is 0 Å². The zero-order chi connectivity index (χ0) is 7.40. The Morgan fingerprint density at radius 3 is 2.90 bits per heavy atom. The second kappa shape index (κ2) is 3.42. The van der Waals surface area contributed by atoms with Crippen molar-refractivity contribution >= 4 is 0 Å². The molecule has 0 saturated carbocycles. The predicted octanol–water partition coefficient (Wildman–Crippen LogP) is 1.21. The van der Waals surface area contributed by atoms with Crippen molar-refractivity contribution in [3.05, 3.63) is 24.0 Å². The molecule has 1 aromatic heterocycles. The Labute approximate surface area is 61.4 Å². The van der Waals surface area contributed by atoms with Crippen LogP contribution >= 0.6 is 0 Å². The Hall–Kier alpha value is -0.760. The van der Waals surface area contributed by atoms with Gasteiger partial charge in [-0.1, -0.05) is 0 Å². The summed E-state index contributed by atoms with van der Waals surface area (Å²) in [5.74, 6) is 0. The fourth-order valence-corrected chi connectivity index (χ4v) is 0.963. The molecule has 1 aromatic rings. The second-order valence-corrected chi connectivity index (χ2v) is 2.35. The van der Waals surface area contributed by atoms with Gasteiger partial charge < -0.3 is 9.30 Å². The van der Waals surface area contributed by atoms with Crippen molar-refractivity contribution in [3.63, 3.8) is 0 Å². The summed E-state index contributed by atoms with van der Waals surface area (Å²) < 4.78 is 7.07. The second-order valence-electron chi connectivity index (χ2n) is 2.35. The topological polar surface area (TPSA) is 14.2 Å². The molecule has 0 unspecified atom stereocenters. The van der Waals surface area contributed by atoms with Gasteiger partial charge in [0, 0.05) is 32.5 Å². The van der Waals surface area contributed by atoms with Crippen molar-refractivity contribution in [2.75, 3.05) is 13.7 Å². The van der Waals surface area contributed by atoms with Crippen LogP contribution < -0.4 is 0 Å². The van der Waals surface area contributed by atoms with Crippen LogP contribution in [0.4, 0.5) is 0 Å². The normalized spacial score (nSPS) is 10.2. The number of aromatic nitrogens is 1. The molecule has 0 N–H and O–H groups in total. The molecule has 0 aliphatic rings. The van der Waals surface area contributed by atoms with Gasteiger partial charge in [0.05, 0.1) is 6.61 Å². The molecule has 0 fully saturated rings. The van der Waals surface area contributed by atoms with Crippen molar-refractivity contribution < 1.29 is 4.74 Å². The smallest absolute Gasteiger partial charge is 0.0517 e. The van der Waals surface area contributed by atoms with E-state index in [1.54, 1.807) is 7.11 Å². The average molecular weight is 139 g/mol. The molecule has 0 saturated heterocycles. The maximum atomic E-state index is 4.96. The summed E-state index contributed by atoms with van der Waals surface area (Å²) in [4.78, 5) is 0. The van der Waals surface area contributed by atoms with Gasteiger partial charge in [-0.15, -0.1) is 0 Å². The lowest BCUT2D eigenvalue weighted by molar-refractivity contribution is 0.201. The molecule has 0 aliphatic heterocycles. The lowest BCUT2D eigenvalue weighted by atomic mass is 10.3. The average Bonchev–Trinajstić information content (AvgIpc) is 2.31. The van der Waals surface area contributed by atoms with E-state index in [-0.39, 0.29) is 0 Å². The van der Waals surface area contributed by atoms with Gasteiger partial charge in [-0.2, -0.15) is 0 Å². The molecular formula is C8H13NO. The van der Waals surface area contributed by atoms with E-state index in [2.05, 4.69) is 10.6 Å². The van der Waals surface area contributed by atoms with Crippen molar-refractivity contribution in [2.45, 2.75) is 6.42 Å². The molecule has 0 radical (unpaired) electrons. The molecule has 56 valence electrons. The number of methoxy groups -OCH3 is 1. The van der Waals surface area contributed by atoms with Crippen LogP contribution in [0, 0.1) is 0 Å². The van der Waals surface area contributed by atoms with E-state index in [1.165, 1.54) is 5.69 Å². The first-order valence-corrected chi connectivity index (χ1v) is 3.43. The van der Waals surface area contributed by atoms with E-state index in [4.69, 9.17) is 4.74 Å². The Morgan fingerprint density at radius 2 is 2.40 bits per heavy atom. The van der Waals surface area contributed by atoms with E-state index in [0.717, 1.165) is 13.0 Å². The molecule has 0 bridgehead atoms. The number of hydrogen-bond acceptors (Lipinski definition) is 1. The first-order chi connectivity index (χ1) is 4.84. The van der Waals surface area contributed by atoms with Crippen molar-refractivity contribution in [1.82, 2.24) is 4.57 Å². The zero-order valence-corrected chi connectivity index (χ0v) is 6.50. The SMILES string of the molecule is COCCc1cccn1C. The largest absolute Gasteiger partial charge is 0.384 e. The highest BCUT2D eigenvalue weighted by Gasteiger charge is 1.94. The van der Waals surface area contributed by atoms with Crippen LogP contribution in [0.3, 0.4) is 0 Å². The highest BCUT2D eigenvalue weighted by molar-refractivity contribution is 5.06. The molecule has 0 aromatic carbocycles. The highest BCUT2D eigenvalue weighted by atomic mass is 16.5. The Kier molecular flexibility index (Phi) is 2.51. The van der Waals surface area contributed by atoms with Gasteiger partial charge in [-0.05, 0) is 12.1 Å². The molecule has 1 rings (SSSR count).